The standard InChI is InChI=1S/C12H21N3O2/c1-9-12(8-16)10(2)15(13-9)7-11-6-14(3)4-5-17-11/h11,16H,4-8H2,1-3H3. The van der Waals surface area contributed by atoms with Crippen molar-refractivity contribution in [3.05, 3.63) is 17.0 Å². The van der Waals surface area contributed by atoms with Crippen LogP contribution in [0, 0.1) is 13.8 Å². The van der Waals surface area contributed by atoms with Crippen LogP contribution in [0.1, 0.15) is 17.0 Å². The largest absolute Gasteiger partial charge is 0.392 e. The van der Waals surface area contributed by atoms with Gasteiger partial charge in [-0.25, -0.2) is 0 Å². The molecule has 5 nitrogen and oxygen atoms in total. The molecule has 2 heterocycles. The Morgan fingerprint density at radius 3 is 2.82 bits per heavy atom. The number of aryl methyl sites for hydroxylation is 1. The minimum absolute atomic E-state index is 0.0586. The second kappa shape index (κ2) is 5.16. The number of ether oxygens (including phenoxy) is 1. The van der Waals surface area contributed by atoms with Gasteiger partial charge in [0.2, 0.25) is 0 Å². The highest BCUT2D eigenvalue weighted by atomic mass is 16.5. The molecule has 1 aromatic rings. The highest BCUT2D eigenvalue weighted by molar-refractivity contribution is 5.23. The molecule has 1 fully saturated rings. The predicted octanol–water partition coefficient (Wildman–Crippen LogP) is 0.323. The van der Waals surface area contributed by atoms with Gasteiger partial charge in [-0.3, -0.25) is 4.68 Å². The van der Waals surface area contributed by atoms with Crippen LogP contribution < -0.4 is 0 Å². The molecule has 1 aromatic heterocycles. The van der Waals surface area contributed by atoms with E-state index in [1.54, 1.807) is 0 Å². The molecule has 1 atom stereocenters. The molecule has 0 saturated carbocycles. The van der Waals surface area contributed by atoms with E-state index in [4.69, 9.17) is 4.74 Å². The Labute approximate surface area is 102 Å². The summed E-state index contributed by atoms with van der Waals surface area (Å²) in [5.74, 6) is 0. The first-order chi connectivity index (χ1) is 8.11. The van der Waals surface area contributed by atoms with Gasteiger partial charge < -0.3 is 14.7 Å². The van der Waals surface area contributed by atoms with E-state index in [-0.39, 0.29) is 12.7 Å². The number of hydrogen-bond acceptors (Lipinski definition) is 4. The van der Waals surface area contributed by atoms with E-state index in [0.29, 0.717) is 0 Å². The second-order valence-electron chi connectivity index (χ2n) is 4.74. The first-order valence-corrected chi connectivity index (χ1v) is 6.05. The average molecular weight is 239 g/mol. The van der Waals surface area contributed by atoms with Crippen molar-refractivity contribution in [2.45, 2.75) is 33.1 Å². The summed E-state index contributed by atoms with van der Waals surface area (Å²) in [5.41, 5.74) is 2.89. The number of nitrogens with zero attached hydrogens (tertiary/aromatic N) is 3. The van der Waals surface area contributed by atoms with E-state index in [0.717, 1.165) is 43.2 Å². The molecule has 17 heavy (non-hydrogen) atoms. The van der Waals surface area contributed by atoms with Crippen molar-refractivity contribution in [2.75, 3.05) is 26.7 Å². The van der Waals surface area contributed by atoms with Gasteiger partial charge in [-0.2, -0.15) is 5.10 Å². The van der Waals surface area contributed by atoms with E-state index < -0.39 is 0 Å². The van der Waals surface area contributed by atoms with Crippen molar-refractivity contribution in [3.63, 3.8) is 0 Å². The zero-order valence-electron chi connectivity index (χ0n) is 10.8. The molecular formula is C12H21N3O2. The maximum atomic E-state index is 9.27. The number of hydrogen-bond donors (Lipinski definition) is 1. The third-order valence-electron chi connectivity index (χ3n) is 3.41. The molecule has 0 aromatic carbocycles. The van der Waals surface area contributed by atoms with Gasteiger partial charge in [-0.15, -0.1) is 0 Å². The summed E-state index contributed by atoms with van der Waals surface area (Å²) >= 11 is 0. The van der Waals surface area contributed by atoms with Crippen LogP contribution in [0.3, 0.4) is 0 Å². The number of aliphatic hydroxyl groups excluding tert-OH is 1. The summed E-state index contributed by atoms with van der Waals surface area (Å²) in [6.45, 7) is 7.47. The van der Waals surface area contributed by atoms with Crippen molar-refractivity contribution >= 4 is 0 Å². The Morgan fingerprint density at radius 2 is 2.24 bits per heavy atom. The van der Waals surface area contributed by atoms with Gasteiger partial charge in [0.1, 0.15) is 0 Å². The van der Waals surface area contributed by atoms with Gasteiger partial charge in [-0.05, 0) is 20.9 Å². The monoisotopic (exact) mass is 239 g/mol. The van der Waals surface area contributed by atoms with Crippen molar-refractivity contribution in [3.8, 4) is 0 Å². The van der Waals surface area contributed by atoms with Crippen LogP contribution in [0.25, 0.3) is 0 Å². The minimum atomic E-state index is 0.0586. The highest BCUT2D eigenvalue weighted by Crippen LogP contribution is 2.14. The number of likely N-dealkylation sites (N-methyl/N-ethyl adjacent to an activating group) is 1. The molecule has 0 bridgehead atoms. The quantitative estimate of drug-likeness (QED) is 0.825. The van der Waals surface area contributed by atoms with Gasteiger partial charge in [0.15, 0.2) is 0 Å². The highest BCUT2D eigenvalue weighted by Gasteiger charge is 2.20. The Kier molecular flexibility index (Phi) is 3.81. The zero-order chi connectivity index (χ0) is 12.4. The summed E-state index contributed by atoms with van der Waals surface area (Å²) in [4.78, 5) is 2.27. The fourth-order valence-corrected chi connectivity index (χ4v) is 2.31. The molecule has 1 unspecified atom stereocenters. The maximum absolute atomic E-state index is 9.27. The summed E-state index contributed by atoms with van der Waals surface area (Å²) in [5, 5.41) is 13.7. The summed E-state index contributed by atoms with van der Waals surface area (Å²) in [6.07, 6.45) is 0.193. The molecule has 1 aliphatic heterocycles. The predicted molar refractivity (Wildman–Crippen MR) is 64.9 cm³/mol. The lowest BCUT2D eigenvalue weighted by molar-refractivity contribution is -0.0293. The van der Waals surface area contributed by atoms with Crippen molar-refractivity contribution in [2.24, 2.45) is 0 Å². The molecular weight excluding hydrogens is 218 g/mol. The number of aromatic nitrogens is 2. The van der Waals surface area contributed by atoms with E-state index in [1.165, 1.54) is 0 Å². The summed E-state index contributed by atoms with van der Waals surface area (Å²) < 4.78 is 7.67. The topological polar surface area (TPSA) is 50.5 Å². The zero-order valence-corrected chi connectivity index (χ0v) is 10.8. The van der Waals surface area contributed by atoms with E-state index >= 15 is 0 Å². The van der Waals surface area contributed by atoms with Crippen molar-refractivity contribution < 1.29 is 9.84 Å². The molecule has 5 heteroatoms. The van der Waals surface area contributed by atoms with E-state index in [2.05, 4.69) is 17.0 Å². The van der Waals surface area contributed by atoms with Gasteiger partial charge in [0.05, 0.1) is 31.6 Å². The molecule has 0 amide bonds. The lowest BCUT2D eigenvalue weighted by Gasteiger charge is -2.30. The molecule has 1 aliphatic rings. The SMILES string of the molecule is Cc1nn(CC2CN(C)CCO2)c(C)c1CO. The van der Waals surface area contributed by atoms with Crippen LogP contribution in [0.4, 0.5) is 0 Å². The first kappa shape index (κ1) is 12.5. The number of morpholine rings is 1. The number of rotatable bonds is 3. The maximum Gasteiger partial charge on any atom is 0.0898 e. The molecule has 1 N–H and O–H groups in total. The lowest BCUT2D eigenvalue weighted by atomic mass is 10.2. The smallest absolute Gasteiger partial charge is 0.0898 e. The van der Waals surface area contributed by atoms with Gasteiger partial charge in [-0.1, -0.05) is 0 Å². The third-order valence-corrected chi connectivity index (χ3v) is 3.41. The van der Waals surface area contributed by atoms with Crippen LogP contribution in [-0.4, -0.2) is 52.6 Å². The average Bonchev–Trinajstić information content (AvgIpc) is 2.54. The summed E-state index contributed by atoms with van der Waals surface area (Å²) in [7, 11) is 2.11. The lowest BCUT2D eigenvalue weighted by Crippen LogP contribution is -2.42. The van der Waals surface area contributed by atoms with E-state index in [1.807, 2.05) is 18.5 Å². The normalized spacial score (nSPS) is 22.0. The van der Waals surface area contributed by atoms with Gasteiger partial charge in [0.25, 0.3) is 0 Å². The number of aliphatic hydroxyl groups is 1. The Morgan fingerprint density at radius 1 is 1.47 bits per heavy atom. The van der Waals surface area contributed by atoms with Gasteiger partial charge >= 0.3 is 0 Å². The van der Waals surface area contributed by atoms with Crippen LogP contribution in [0.15, 0.2) is 0 Å². The Bertz CT molecular complexity index is 389. The molecule has 2 rings (SSSR count). The fraction of sp³-hybridized carbons (Fsp3) is 0.750. The molecule has 0 aliphatic carbocycles. The van der Waals surface area contributed by atoms with Crippen LogP contribution >= 0.6 is 0 Å². The third kappa shape index (κ3) is 2.68. The van der Waals surface area contributed by atoms with Gasteiger partial charge in [0, 0.05) is 24.3 Å². The van der Waals surface area contributed by atoms with Crippen molar-refractivity contribution in [1.29, 1.82) is 0 Å². The van der Waals surface area contributed by atoms with E-state index in [9.17, 15) is 5.11 Å². The Balaban J connectivity index is 2.08. The molecule has 96 valence electrons. The second-order valence-corrected chi connectivity index (χ2v) is 4.74. The first-order valence-electron chi connectivity index (χ1n) is 6.05. The molecule has 1 saturated heterocycles. The summed E-state index contributed by atoms with van der Waals surface area (Å²) in [6, 6.07) is 0. The van der Waals surface area contributed by atoms with Crippen LogP contribution in [0.5, 0.6) is 0 Å². The minimum Gasteiger partial charge on any atom is -0.392 e. The van der Waals surface area contributed by atoms with Crippen LogP contribution in [-0.2, 0) is 17.9 Å². The van der Waals surface area contributed by atoms with Crippen LogP contribution in [0.2, 0.25) is 0 Å². The van der Waals surface area contributed by atoms with Crippen molar-refractivity contribution in [1.82, 2.24) is 14.7 Å². The molecule has 0 radical (unpaired) electrons. The Hall–Kier alpha value is -0.910. The fourth-order valence-electron chi connectivity index (χ4n) is 2.31. The molecule has 0 spiro atoms.